The lowest BCUT2D eigenvalue weighted by Crippen LogP contribution is -2.40. The number of H-pyrrole nitrogens is 1. The fourth-order valence-electron chi connectivity index (χ4n) is 3.64. The molecule has 2 aliphatic heterocycles. The zero-order chi connectivity index (χ0) is 16.5. The van der Waals surface area contributed by atoms with Gasteiger partial charge in [0.1, 0.15) is 5.82 Å². The molecule has 0 saturated carbocycles. The smallest absolute Gasteiger partial charge is 0.245 e. The number of amides is 1. The molecular formula is C17H21N5O2. The Morgan fingerprint density at radius 2 is 2.08 bits per heavy atom. The zero-order valence-corrected chi connectivity index (χ0v) is 13.7. The molecule has 2 aromatic rings. The Bertz CT molecular complexity index is 725. The third kappa shape index (κ3) is 2.54. The fourth-order valence-corrected chi connectivity index (χ4v) is 3.64. The molecule has 1 atom stereocenters. The van der Waals surface area contributed by atoms with Gasteiger partial charge in [-0.25, -0.2) is 0 Å². The summed E-state index contributed by atoms with van der Waals surface area (Å²) in [7, 11) is 1.59. The van der Waals surface area contributed by atoms with Gasteiger partial charge in [0.2, 0.25) is 11.8 Å². The summed E-state index contributed by atoms with van der Waals surface area (Å²) in [5.41, 5.74) is 1.77. The van der Waals surface area contributed by atoms with Gasteiger partial charge in [-0.2, -0.15) is 10.1 Å². The molecule has 24 heavy (non-hydrogen) atoms. The van der Waals surface area contributed by atoms with Gasteiger partial charge in [-0.1, -0.05) is 0 Å². The standard InChI is InChI=1S/C17H21N5O2/c1-24-16-13(12-10-18-19-11-12)4-5-15(20-16)22-9-6-14(17(22)23)21-7-2-3-8-21/h4-5,10-11,14H,2-3,6-9H2,1H3,(H,18,19). The van der Waals surface area contributed by atoms with Crippen LogP contribution in [0.25, 0.3) is 11.1 Å². The molecule has 7 nitrogen and oxygen atoms in total. The van der Waals surface area contributed by atoms with E-state index in [0.29, 0.717) is 18.2 Å². The highest BCUT2D eigenvalue weighted by Crippen LogP contribution is 2.32. The molecule has 2 fully saturated rings. The topological polar surface area (TPSA) is 74.3 Å². The van der Waals surface area contributed by atoms with Crippen molar-refractivity contribution in [1.82, 2.24) is 20.1 Å². The van der Waals surface area contributed by atoms with Crippen LogP contribution in [0.5, 0.6) is 5.88 Å². The Kier molecular flexibility index (Phi) is 3.93. The van der Waals surface area contributed by atoms with Crippen LogP contribution in [-0.2, 0) is 4.79 Å². The second kappa shape index (κ2) is 6.24. The minimum Gasteiger partial charge on any atom is -0.480 e. The first-order valence-corrected chi connectivity index (χ1v) is 8.37. The van der Waals surface area contributed by atoms with E-state index >= 15 is 0 Å². The number of ether oxygens (including phenoxy) is 1. The van der Waals surface area contributed by atoms with E-state index in [1.807, 2.05) is 12.1 Å². The van der Waals surface area contributed by atoms with Crippen molar-refractivity contribution >= 4 is 11.7 Å². The number of nitrogens with one attached hydrogen (secondary N) is 1. The second-order valence-electron chi connectivity index (χ2n) is 6.25. The zero-order valence-electron chi connectivity index (χ0n) is 13.7. The number of methoxy groups -OCH3 is 1. The molecule has 4 rings (SSSR count). The highest BCUT2D eigenvalue weighted by molar-refractivity contribution is 5.99. The van der Waals surface area contributed by atoms with E-state index in [1.54, 1.807) is 24.4 Å². The van der Waals surface area contributed by atoms with Gasteiger partial charge < -0.3 is 4.74 Å². The molecular weight excluding hydrogens is 306 g/mol. The summed E-state index contributed by atoms with van der Waals surface area (Å²) in [6, 6.07) is 3.83. The molecule has 126 valence electrons. The number of carbonyl (C=O) groups is 1. The SMILES string of the molecule is COc1nc(N2CCC(N3CCCC3)C2=O)ccc1-c1cn[nH]c1. The van der Waals surface area contributed by atoms with Crippen LogP contribution in [0.1, 0.15) is 19.3 Å². The number of rotatable bonds is 4. The van der Waals surface area contributed by atoms with Gasteiger partial charge in [-0.05, 0) is 44.5 Å². The molecule has 0 aromatic carbocycles. The number of carbonyl (C=O) groups excluding carboxylic acids is 1. The normalized spacial score (nSPS) is 21.6. The van der Waals surface area contributed by atoms with Gasteiger partial charge in [0.15, 0.2) is 0 Å². The number of nitrogens with zero attached hydrogens (tertiary/aromatic N) is 4. The quantitative estimate of drug-likeness (QED) is 0.925. The lowest BCUT2D eigenvalue weighted by Gasteiger charge is -2.22. The van der Waals surface area contributed by atoms with Crippen LogP contribution in [0, 0.1) is 0 Å². The minimum absolute atomic E-state index is 0.00819. The van der Waals surface area contributed by atoms with Gasteiger partial charge in [0, 0.05) is 23.9 Å². The van der Waals surface area contributed by atoms with Gasteiger partial charge in [0.25, 0.3) is 0 Å². The summed E-state index contributed by atoms with van der Waals surface area (Å²) >= 11 is 0. The number of pyridine rings is 1. The van der Waals surface area contributed by atoms with Crippen molar-refractivity contribution in [2.24, 2.45) is 0 Å². The lowest BCUT2D eigenvalue weighted by molar-refractivity contribution is -0.121. The molecule has 7 heteroatoms. The van der Waals surface area contributed by atoms with Crippen LogP contribution in [0.15, 0.2) is 24.5 Å². The van der Waals surface area contributed by atoms with Crippen LogP contribution in [0.4, 0.5) is 5.82 Å². The first kappa shape index (κ1) is 15.1. The Morgan fingerprint density at radius 1 is 1.25 bits per heavy atom. The van der Waals surface area contributed by atoms with E-state index in [2.05, 4.69) is 20.1 Å². The number of likely N-dealkylation sites (tertiary alicyclic amines) is 1. The molecule has 0 bridgehead atoms. The van der Waals surface area contributed by atoms with Crippen molar-refractivity contribution in [2.75, 3.05) is 31.6 Å². The highest BCUT2D eigenvalue weighted by atomic mass is 16.5. The van der Waals surface area contributed by atoms with Crippen molar-refractivity contribution < 1.29 is 9.53 Å². The summed E-state index contributed by atoms with van der Waals surface area (Å²) in [6.45, 7) is 2.77. The largest absolute Gasteiger partial charge is 0.480 e. The van der Waals surface area contributed by atoms with E-state index in [4.69, 9.17) is 4.74 Å². The Morgan fingerprint density at radius 3 is 2.79 bits per heavy atom. The number of anilines is 1. The van der Waals surface area contributed by atoms with Crippen molar-refractivity contribution in [1.29, 1.82) is 0 Å². The van der Waals surface area contributed by atoms with Crippen molar-refractivity contribution in [3.05, 3.63) is 24.5 Å². The Hall–Kier alpha value is -2.41. The van der Waals surface area contributed by atoms with E-state index in [1.165, 1.54) is 12.8 Å². The number of aromatic nitrogens is 3. The Balaban J connectivity index is 1.59. The van der Waals surface area contributed by atoms with Gasteiger partial charge >= 0.3 is 0 Å². The maximum Gasteiger partial charge on any atom is 0.245 e. The average Bonchev–Trinajstić information content (AvgIpc) is 3.35. The van der Waals surface area contributed by atoms with E-state index in [-0.39, 0.29) is 11.9 Å². The molecule has 4 heterocycles. The molecule has 2 aliphatic rings. The van der Waals surface area contributed by atoms with Crippen LogP contribution < -0.4 is 9.64 Å². The summed E-state index contributed by atoms with van der Waals surface area (Å²) in [5.74, 6) is 1.32. The molecule has 1 N–H and O–H groups in total. The third-order valence-corrected chi connectivity index (χ3v) is 4.88. The van der Waals surface area contributed by atoms with Gasteiger partial charge in [-0.3, -0.25) is 19.7 Å². The third-order valence-electron chi connectivity index (χ3n) is 4.88. The number of hydrogen-bond donors (Lipinski definition) is 1. The fraction of sp³-hybridized carbons (Fsp3) is 0.471. The van der Waals surface area contributed by atoms with E-state index < -0.39 is 0 Å². The minimum atomic E-state index is 0.00819. The molecule has 0 aliphatic carbocycles. The summed E-state index contributed by atoms with van der Waals surface area (Å²) in [4.78, 5) is 21.4. The van der Waals surface area contributed by atoms with Gasteiger partial charge in [0.05, 0.1) is 19.3 Å². The van der Waals surface area contributed by atoms with Crippen LogP contribution in [-0.4, -0.2) is 58.8 Å². The maximum absolute atomic E-state index is 12.8. The summed E-state index contributed by atoms with van der Waals surface area (Å²) < 4.78 is 5.43. The van der Waals surface area contributed by atoms with Crippen LogP contribution in [0.2, 0.25) is 0 Å². The molecule has 0 radical (unpaired) electrons. The summed E-state index contributed by atoms with van der Waals surface area (Å²) in [5, 5.41) is 6.75. The maximum atomic E-state index is 12.8. The molecule has 0 spiro atoms. The van der Waals surface area contributed by atoms with Crippen molar-refractivity contribution in [2.45, 2.75) is 25.3 Å². The summed E-state index contributed by atoms with van der Waals surface area (Å²) in [6.07, 6.45) is 6.77. The predicted octanol–water partition coefficient (Wildman–Crippen LogP) is 1.68. The van der Waals surface area contributed by atoms with Crippen LogP contribution >= 0.6 is 0 Å². The van der Waals surface area contributed by atoms with E-state index in [0.717, 1.165) is 30.6 Å². The molecule has 2 saturated heterocycles. The lowest BCUT2D eigenvalue weighted by atomic mass is 10.1. The predicted molar refractivity (Wildman–Crippen MR) is 89.9 cm³/mol. The number of hydrogen-bond acceptors (Lipinski definition) is 5. The molecule has 1 amide bonds. The van der Waals surface area contributed by atoms with Gasteiger partial charge in [-0.15, -0.1) is 0 Å². The second-order valence-corrected chi connectivity index (χ2v) is 6.25. The average molecular weight is 327 g/mol. The molecule has 1 unspecified atom stereocenters. The number of aromatic amines is 1. The monoisotopic (exact) mass is 327 g/mol. The first-order chi connectivity index (χ1) is 11.8. The first-order valence-electron chi connectivity index (χ1n) is 8.37. The van der Waals surface area contributed by atoms with Crippen LogP contribution in [0.3, 0.4) is 0 Å². The highest BCUT2D eigenvalue weighted by Gasteiger charge is 2.38. The molecule has 2 aromatic heterocycles. The Labute approximate surface area is 140 Å². The van der Waals surface area contributed by atoms with E-state index in [9.17, 15) is 4.79 Å². The van der Waals surface area contributed by atoms with Crippen molar-refractivity contribution in [3.8, 4) is 17.0 Å². The van der Waals surface area contributed by atoms with Crippen molar-refractivity contribution in [3.63, 3.8) is 0 Å².